The van der Waals surface area contributed by atoms with Gasteiger partial charge in [0, 0.05) is 38.5 Å². The van der Waals surface area contributed by atoms with Gasteiger partial charge in [-0.1, -0.05) is 12.1 Å². The fraction of sp³-hybridized carbons (Fsp3) is 0.560. The van der Waals surface area contributed by atoms with Crippen LogP contribution in [0, 0.1) is 6.92 Å². The SMILES string of the molecule is COc1ccc(CCC(=O)N2CCC(c3nc(C(=O)N4CCCCC4)c(C)o3)CC2)cc1. The lowest BCUT2D eigenvalue weighted by atomic mass is 9.96. The Balaban J connectivity index is 1.28. The molecule has 32 heavy (non-hydrogen) atoms. The number of likely N-dealkylation sites (tertiary alicyclic amines) is 2. The summed E-state index contributed by atoms with van der Waals surface area (Å²) in [5.74, 6) is 2.40. The molecule has 3 heterocycles. The smallest absolute Gasteiger partial charge is 0.276 e. The van der Waals surface area contributed by atoms with E-state index in [-0.39, 0.29) is 17.7 Å². The van der Waals surface area contributed by atoms with E-state index in [9.17, 15) is 9.59 Å². The third kappa shape index (κ3) is 5.14. The summed E-state index contributed by atoms with van der Waals surface area (Å²) in [4.78, 5) is 33.9. The van der Waals surface area contributed by atoms with Crippen molar-refractivity contribution < 1.29 is 18.7 Å². The van der Waals surface area contributed by atoms with Crippen LogP contribution in [0.4, 0.5) is 0 Å². The zero-order valence-electron chi connectivity index (χ0n) is 19.1. The number of carbonyl (C=O) groups is 2. The number of amides is 2. The fourth-order valence-corrected chi connectivity index (χ4v) is 4.61. The normalized spacial score (nSPS) is 17.4. The summed E-state index contributed by atoms with van der Waals surface area (Å²) in [6.45, 7) is 4.83. The zero-order valence-corrected chi connectivity index (χ0v) is 19.1. The van der Waals surface area contributed by atoms with Crippen LogP contribution in [-0.4, -0.2) is 59.9 Å². The Morgan fingerprint density at radius 3 is 2.38 bits per heavy atom. The lowest BCUT2D eigenvalue weighted by molar-refractivity contribution is -0.132. The molecule has 0 atom stereocenters. The van der Waals surface area contributed by atoms with Crippen molar-refractivity contribution >= 4 is 11.8 Å². The number of carbonyl (C=O) groups excluding carboxylic acids is 2. The highest BCUT2D eigenvalue weighted by Gasteiger charge is 2.30. The summed E-state index contributed by atoms with van der Waals surface area (Å²) in [5, 5.41) is 0. The van der Waals surface area contributed by atoms with Crippen molar-refractivity contribution in [3.05, 3.63) is 47.2 Å². The van der Waals surface area contributed by atoms with E-state index < -0.39 is 0 Å². The van der Waals surface area contributed by atoms with Gasteiger partial charge in [0.1, 0.15) is 11.5 Å². The minimum absolute atomic E-state index is 0.0108. The van der Waals surface area contributed by atoms with Crippen LogP contribution in [0.2, 0.25) is 0 Å². The molecule has 1 aromatic carbocycles. The lowest BCUT2D eigenvalue weighted by Crippen LogP contribution is -2.38. The van der Waals surface area contributed by atoms with Gasteiger partial charge in [0.2, 0.25) is 5.91 Å². The van der Waals surface area contributed by atoms with Gasteiger partial charge in [0.25, 0.3) is 5.91 Å². The Morgan fingerprint density at radius 1 is 1.03 bits per heavy atom. The molecule has 0 bridgehead atoms. The number of aryl methyl sites for hydroxylation is 2. The molecule has 2 aliphatic rings. The number of nitrogens with zero attached hydrogens (tertiary/aromatic N) is 3. The molecule has 0 N–H and O–H groups in total. The van der Waals surface area contributed by atoms with E-state index in [0.717, 1.165) is 56.5 Å². The molecule has 0 saturated carbocycles. The molecule has 4 rings (SSSR count). The average molecular weight is 440 g/mol. The molecular weight excluding hydrogens is 406 g/mol. The Hall–Kier alpha value is -2.83. The quantitative estimate of drug-likeness (QED) is 0.681. The molecule has 172 valence electrons. The Morgan fingerprint density at radius 2 is 1.72 bits per heavy atom. The second-order valence-electron chi connectivity index (χ2n) is 8.81. The highest BCUT2D eigenvalue weighted by molar-refractivity contribution is 5.93. The summed E-state index contributed by atoms with van der Waals surface area (Å²) in [7, 11) is 1.65. The van der Waals surface area contributed by atoms with Crippen molar-refractivity contribution in [2.24, 2.45) is 0 Å². The van der Waals surface area contributed by atoms with Gasteiger partial charge >= 0.3 is 0 Å². The van der Waals surface area contributed by atoms with Crippen molar-refractivity contribution in [3.63, 3.8) is 0 Å². The second-order valence-corrected chi connectivity index (χ2v) is 8.81. The van der Waals surface area contributed by atoms with E-state index >= 15 is 0 Å². The molecule has 2 aliphatic heterocycles. The lowest BCUT2D eigenvalue weighted by Gasteiger charge is -2.30. The van der Waals surface area contributed by atoms with E-state index in [2.05, 4.69) is 4.98 Å². The fourth-order valence-electron chi connectivity index (χ4n) is 4.61. The van der Waals surface area contributed by atoms with E-state index in [1.165, 1.54) is 6.42 Å². The van der Waals surface area contributed by atoms with E-state index in [1.54, 1.807) is 7.11 Å². The number of rotatable bonds is 6. The van der Waals surface area contributed by atoms with Gasteiger partial charge in [-0.25, -0.2) is 4.98 Å². The second kappa shape index (κ2) is 10.2. The Bertz CT molecular complexity index is 923. The third-order valence-electron chi connectivity index (χ3n) is 6.64. The Labute approximate surface area is 189 Å². The van der Waals surface area contributed by atoms with Gasteiger partial charge in [-0.3, -0.25) is 9.59 Å². The summed E-state index contributed by atoms with van der Waals surface area (Å²) >= 11 is 0. The maximum absolute atomic E-state index is 12.8. The molecule has 1 aromatic heterocycles. The predicted molar refractivity (Wildman–Crippen MR) is 121 cm³/mol. The standard InChI is InChI=1S/C25H33N3O4/c1-18-23(25(30)28-14-4-3-5-15-28)26-24(32-18)20-12-16-27(17-13-20)22(29)11-8-19-6-9-21(31-2)10-7-19/h6-7,9-10,20H,3-5,8,11-17H2,1-2H3. The number of oxazole rings is 1. The van der Waals surface area contributed by atoms with Crippen LogP contribution in [-0.2, 0) is 11.2 Å². The number of piperidine rings is 2. The zero-order chi connectivity index (χ0) is 22.5. The van der Waals surface area contributed by atoms with Crippen molar-refractivity contribution in [2.45, 2.75) is 57.8 Å². The van der Waals surface area contributed by atoms with Crippen LogP contribution in [0.15, 0.2) is 28.7 Å². The van der Waals surface area contributed by atoms with E-state index in [1.807, 2.05) is 41.0 Å². The Kier molecular flexibility index (Phi) is 7.12. The molecule has 0 spiro atoms. The number of aromatic nitrogens is 1. The number of hydrogen-bond acceptors (Lipinski definition) is 5. The molecule has 2 amide bonds. The first-order valence-electron chi connectivity index (χ1n) is 11.7. The topological polar surface area (TPSA) is 75.9 Å². The van der Waals surface area contributed by atoms with Gasteiger partial charge < -0.3 is 19.0 Å². The summed E-state index contributed by atoms with van der Waals surface area (Å²) in [6.07, 6.45) is 6.15. The van der Waals surface area contributed by atoms with Crippen molar-refractivity contribution in [2.75, 3.05) is 33.3 Å². The van der Waals surface area contributed by atoms with Crippen molar-refractivity contribution in [1.29, 1.82) is 0 Å². The third-order valence-corrected chi connectivity index (χ3v) is 6.64. The number of ether oxygens (including phenoxy) is 1. The highest BCUT2D eigenvalue weighted by atomic mass is 16.5. The molecule has 0 radical (unpaired) electrons. The first-order chi connectivity index (χ1) is 15.5. The molecule has 0 aliphatic carbocycles. The van der Waals surface area contributed by atoms with Gasteiger partial charge in [0.05, 0.1) is 7.11 Å². The van der Waals surface area contributed by atoms with Crippen molar-refractivity contribution in [3.8, 4) is 5.75 Å². The first kappa shape index (κ1) is 22.4. The number of benzene rings is 1. The molecule has 2 aromatic rings. The summed E-state index contributed by atoms with van der Waals surface area (Å²) in [5.41, 5.74) is 1.59. The largest absolute Gasteiger partial charge is 0.497 e. The first-order valence-corrected chi connectivity index (χ1v) is 11.7. The highest BCUT2D eigenvalue weighted by Crippen LogP contribution is 2.30. The number of methoxy groups -OCH3 is 1. The molecule has 0 unspecified atom stereocenters. The van der Waals surface area contributed by atoms with Gasteiger partial charge in [-0.05, 0) is 63.1 Å². The monoisotopic (exact) mass is 439 g/mol. The van der Waals surface area contributed by atoms with Crippen LogP contribution in [0.25, 0.3) is 0 Å². The maximum Gasteiger partial charge on any atom is 0.276 e. The van der Waals surface area contributed by atoms with Gasteiger partial charge in [-0.2, -0.15) is 0 Å². The van der Waals surface area contributed by atoms with Crippen LogP contribution in [0.3, 0.4) is 0 Å². The molecule has 2 saturated heterocycles. The predicted octanol–water partition coefficient (Wildman–Crippen LogP) is 3.96. The van der Waals surface area contributed by atoms with Gasteiger partial charge in [-0.15, -0.1) is 0 Å². The van der Waals surface area contributed by atoms with Gasteiger partial charge in [0.15, 0.2) is 11.6 Å². The molecule has 2 fully saturated rings. The minimum atomic E-state index is -0.0108. The van der Waals surface area contributed by atoms with E-state index in [0.29, 0.717) is 36.9 Å². The van der Waals surface area contributed by atoms with Crippen LogP contribution >= 0.6 is 0 Å². The van der Waals surface area contributed by atoms with E-state index in [4.69, 9.17) is 9.15 Å². The molecule has 7 heteroatoms. The average Bonchev–Trinajstić information content (AvgIpc) is 3.24. The number of hydrogen-bond donors (Lipinski definition) is 0. The van der Waals surface area contributed by atoms with Crippen LogP contribution in [0.1, 0.15) is 72.1 Å². The molecule has 7 nitrogen and oxygen atoms in total. The van der Waals surface area contributed by atoms with Crippen LogP contribution < -0.4 is 4.74 Å². The summed E-state index contributed by atoms with van der Waals surface area (Å²) in [6, 6.07) is 7.86. The van der Waals surface area contributed by atoms with Crippen molar-refractivity contribution in [1.82, 2.24) is 14.8 Å². The minimum Gasteiger partial charge on any atom is -0.497 e. The maximum atomic E-state index is 12.8. The molecular formula is C25H33N3O4. The van der Waals surface area contributed by atoms with Crippen LogP contribution in [0.5, 0.6) is 5.75 Å². The summed E-state index contributed by atoms with van der Waals surface area (Å²) < 4.78 is 11.1.